The van der Waals surface area contributed by atoms with Gasteiger partial charge in [0.15, 0.2) is 5.82 Å². The molecule has 1 saturated carbocycles. The van der Waals surface area contributed by atoms with Gasteiger partial charge in [-0.3, -0.25) is 14.5 Å². The largest absolute Gasteiger partial charge is 0.497 e. The molecular formula is C19H22N4O3. The summed E-state index contributed by atoms with van der Waals surface area (Å²) in [6.45, 7) is 0.645. The average molecular weight is 354 g/mol. The summed E-state index contributed by atoms with van der Waals surface area (Å²) in [5.74, 6) is 0.674. The number of hydrogen-bond donors (Lipinski definition) is 1. The summed E-state index contributed by atoms with van der Waals surface area (Å²) in [6.07, 6.45) is 4.33. The summed E-state index contributed by atoms with van der Waals surface area (Å²) >= 11 is 0. The van der Waals surface area contributed by atoms with Crippen LogP contribution < -0.4 is 15.0 Å². The van der Waals surface area contributed by atoms with Gasteiger partial charge in [-0.1, -0.05) is 6.07 Å². The minimum Gasteiger partial charge on any atom is -0.497 e. The number of fused-ring (bicyclic) bond motifs is 1. The highest BCUT2D eigenvalue weighted by Crippen LogP contribution is 2.36. The molecule has 0 unspecified atom stereocenters. The van der Waals surface area contributed by atoms with Gasteiger partial charge in [0, 0.05) is 31.8 Å². The van der Waals surface area contributed by atoms with E-state index >= 15 is 0 Å². The fraction of sp³-hybridized carbons (Fsp3) is 0.421. The number of ether oxygens (including phenoxy) is 1. The van der Waals surface area contributed by atoms with E-state index in [1.54, 1.807) is 42.6 Å². The van der Waals surface area contributed by atoms with Gasteiger partial charge in [-0.2, -0.15) is 0 Å². The number of anilines is 2. The summed E-state index contributed by atoms with van der Waals surface area (Å²) in [6, 6.07) is 7.13. The molecule has 0 radical (unpaired) electrons. The SMILES string of the molecule is COc1cccc(NC(=O)[C@@H]2Cc3c(ncn3C)N(CC3CC3)C2=O)c1. The summed E-state index contributed by atoms with van der Waals surface area (Å²) in [5, 5.41) is 2.85. The maximum absolute atomic E-state index is 13.0. The predicted molar refractivity (Wildman–Crippen MR) is 97.1 cm³/mol. The van der Waals surface area contributed by atoms with Crippen LogP contribution >= 0.6 is 0 Å². The number of aryl methyl sites for hydroxylation is 1. The van der Waals surface area contributed by atoms with Crippen LogP contribution in [-0.2, 0) is 23.1 Å². The second kappa shape index (κ2) is 6.48. The summed E-state index contributed by atoms with van der Waals surface area (Å²) < 4.78 is 7.08. The number of rotatable bonds is 5. The van der Waals surface area contributed by atoms with Crippen LogP contribution in [0.4, 0.5) is 11.5 Å². The number of amides is 2. The number of hydrogen-bond acceptors (Lipinski definition) is 4. The Balaban J connectivity index is 1.58. The van der Waals surface area contributed by atoms with E-state index < -0.39 is 5.92 Å². The minimum atomic E-state index is -0.747. The lowest BCUT2D eigenvalue weighted by Crippen LogP contribution is -2.47. The fourth-order valence-corrected chi connectivity index (χ4v) is 3.35. The number of nitrogens with one attached hydrogen (secondary N) is 1. The number of methoxy groups -OCH3 is 1. The molecule has 1 fully saturated rings. The third-order valence-electron chi connectivity index (χ3n) is 5.05. The summed E-state index contributed by atoms with van der Waals surface area (Å²) in [7, 11) is 3.47. The van der Waals surface area contributed by atoms with Crippen LogP contribution in [0.1, 0.15) is 18.5 Å². The normalized spacial score (nSPS) is 19.2. The van der Waals surface area contributed by atoms with E-state index in [0.29, 0.717) is 36.1 Å². The van der Waals surface area contributed by atoms with Gasteiger partial charge in [0.1, 0.15) is 11.7 Å². The first-order valence-electron chi connectivity index (χ1n) is 8.83. The lowest BCUT2D eigenvalue weighted by atomic mass is 9.95. The lowest BCUT2D eigenvalue weighted by Gasteiger charge is -2.31. The number of carbonyl (C=O) groups is 2. The highest BCUT2D eigenvalue weighted by Gasteiger charge is 2.41. The van der Waals surface area contributed by atoms with Crippen molar-refractivity contribution in [3.05, 3.63) is 36.3 Å². The first-order valence-corrected chi connectivity index (χ1v) is 8.83. The minimum absolute atomic E-state index is 0.163. The molecule has 1 aliphatic carbocycles. The topological polar surface area (TPSA) is 76.5 Å². The zero-order chi connectivity index (χ0) is 18.3. The molecule has 1 atom stereocenters. The van der Waals surface area contributed by atoms with Gasteiger partial charge in [-0.05, 0) is 30.9 Å². The van der Waals surface area contributed by atoms with Gasteiger partial charge in [-0.15, -0.1) is 0 Å². The lowest BCUT2D eigenvalue weighted by molar-refractivity contribution is -0.131. The molecular weight excluding hydrogens is 332 g/mol. The smallest absolute Gasteiger partial charge is 0.241 e. The quantitative estimate of drug-likeness (QED) is 0.833. The molecule has 26 heavy (non-hydrogen) atoms. The van der Waals surface area contributed by atoms with Gasteiger partial charge < -0.3 is 14.6 Å². The first-order chi connectivity index (χ1) is 12.6. The molecule has 1 aromatic carbocycles. The van der Waals surface area contributed by atoms with E-state index in [4.69, 9.17) is 4.74 Å². The standard InChI is InChI=1S/C19H22N4O3/c1-22-11-20-17-16(22)9-15(19(25)23(17)10-12-6-7-12)18(24)21-13-4-3-5-14(8-13)26-2/h3-5,8,11-12,15H,6-7,9-10H2,1-2H3,(H,21,24)/t15-/m0/s1. The Morgan fingerprint density at radius 1 is 1.38 bits per heavy atom. The molecule has 0 spiro atoms. The molecule has 136 valence electrons. The monoisotopic (exact) mass is 354 g/mol. The van der Waals surface area contributed by atoms with Crippen molar-refractivity contribution >= 4 is 23.3 Å². The van der Waals surface area contributed by atoms with Crippen molar-refractivity contribution in [3.63, 3.8) is 0 Å². The van der Waals surface area contributed by atoms with Crippen LogP contribution in [0.15, 0.2) is 30.6 Å². The highest BCUT2D eigenvalue weighted by molar-refractivity contribution is 6.13. The van der Waals surface area contributed by atoms with Crippen LogP contribution in [0.3, 0.4) is 0 Å². The highest BCUT2D eigenvalue weighted by atomic mass is 16.5. The van der Waals surface area contributed by atoms with E-state index in [2.05, 4.69) is 10.3 Å². The predicted octanol–water partition coefficient (Wildman–Crippen LogP) is 1.98. The Kier molecular flexibility index (Phi) is 4.14. The maximum Gasteiger partial charge on any atom is 0.241 e. The van der Waals surface area contributed by atoms with Crippen molar-refractivity contribution < 1.29 is 14.3 Å². The number of carbonyl (C=O) groups excluding carboxylic acids is 2. The third-order valence-corrected chi connectivity index (χ3v) is 5.05. The molecule has 2 aromatic rings. The third kappa shape index (κ3) is 3.05. The fourth-order valence-electron chi connectivity index (χ4n) is 3.35. The molecule has 0 bridgehead atoms. The van der Waals surface area contributed by atoms with E-state index in [9.17, 15) is 9.59 Å². The van der Waals surface area contributed by atoms with Crippen molar-refractivity contribution in [1.82, 2.24) is 9.55 Å². The van der Waals surface area contributed by atoms with Crippen LogP contribution in [0.25, 0.3) is 0 Å². The molecule has 1 N–H and O–H groups in total. The van der Waals surface area contributed by atoms with Gasteiger partial charge in [0.05, 0.1) is 19.1 Å². The van der Waals surface area contributed by atoms with Crippen LogP contribution in [0.5, 0.6) is 5.75 Å². The van der Waals surface area contributed by atoms with Crippen molar-refractivity contribution in [2.24, 2.45) is 18.9 Å². The van der Waals surface area contributed by atoms with Crippen molar-refractivity contribution in [3.8, 4) is 5.75 Å². The van der Waals surface area contributed by atoms with Crippen LogP contribution in [0, 0.1) is 11.8 Å². The number of nitrogens with zero attached hydrogens (tertiary/aromatic N) is 3. The van der Waals surface area contributed by atoms with Crippen molar-refractivity contribution in [2.45, 2.75) is 19.3 Å². The molecule has 2 amide bonds. The number of benzene rings is 1. The zero-order valence-electron chi connectivity index (χ0n) is 14.9. The van der Waals surface area contributed by atoms with Crippen molar-refractivity contribution in [1.29, 1.82) is 0 Å². The average Bonchev–Trinajstić information content (AvgIpc) is 3.39. The molecule has 1 aliphatic heterocycles. The Morgan fingerprint density at radius 2 is 2.19 bits per heavy atom. The summed E-state index contributed by atoms with van der Waals surface area (Å²) in [5.41, 5.74) is 1.54. The van der Waals surface area contributed by atoms with E-state index in [1.165, 1.54) is 0 Å². The molecule has 4 rings (SSSR count). The first kappa shape index (κ1) is 16.6. The molecule has 0 saturated heterocycles. The Hall–Kier alpha value is -2.83. The molecule has 2 heterocycles. The number of aromatic nitrogens is 2. The van der Waals surface area contributed by atoms with Crippen LogP contribution in [-0.4, -0.2) is 35.0 Å². The molecule has 2 aliphatic rings. The van der Waals surface area contributed by atoms with Gasteiger partial charge in [0.2, 0.25) is 11.8 Å². The van der Waals surface area contributed by atoms with E-state index in [0.717, 1.165) is 18.5 Å². The number of imidazole rings is 1. The summed E-state index contributed by atoms with van der Waals surface area (Å²) in [4.78, 5) is 31.9. The Bertz CT molecular complexity index is 856. The Labute approximate surface area is 152 Å². The molecule has 7 heteroatoms. The second-order valence-corrected chi connectivity index (χ2v) is 7.00. The molecule has 1 aromatic heterocycles. The van der Waals surface area contributed by atoms with E-state index in [1.807, 2.05) is 11.6 Å². The van der Waals surface area contributed by atoms with Crippen molar-refractivity contribution in [2.75, 3.05) is 23.9 Å². The van der Waals surface area contributed by atoms with Gasteiger partial charge >= 0.3 is 0 Å². The van der Waals surface area contributed by atoms with Gasteiger partial charge in [0.25, 0.3) is 0 Å². The Morgan fingerprint density at radius 3 is 2.92 bits per heavy atom. The van der Waals surface area contributed by atoms with Crippen LogP contribution in [0.2, 0.25) is 0 Å². The molecule has 7 nitrogen and oxygen atoms in total. The second-order valence-electron chi connectivity index (χ2n) is 7.00. The van der Waals surface area contributed by atoms with E-state index in [-0.39, 0.29) is 11.8 Å². The zero-order valence-corrected chi connectivity index (χ0v) is 14.9. The van der Waals surface area contributed by atoms with Gasteiger partial charge in [-0.25, -0.2) is 4.98 Å². The maximum atomic E-state index is 13.0.